The lowest BCUT2D eigenvalue weighted by Crippen LogP contribution is -2.46. The quantitative estimate of drug-likeness (QED) is 0.311. The number of aliphatic hydroxyl groups is 1. The van der Waals surface area contributed by atoms with Gasteiger partial charge >= 0.3 is 0 Å². The normalized spacial score (nSPS) is 17.6. The monoisotopic (exact) mass is 291 g/mol. The SMILES string of the molecule is [N-]=[N+]=Nc1ccc(C(=O)NN2C(=O)CC(O)C2=O)c(O)c1. The summed E-state index contributed by atoms with van der Waals surface area (Å²) in [5.74, 6) is -3.11. The summed E-state index contributed by atoms with van der Waals surface area (Å²) in [6, 6.07) is 3.49. The summed E-state index contributed by atoms with van der Waals surface area (Å²) in [5.41, 5.74) is 10.1. The number of hydrogen-bond acceptors (Lipinski definition) is 6. The van der Waals surface area contributed by atoms with Crippen LogP contribution in [0.4, 0.5) is 5.69 Å². The van der Waals surface area contributed by atoms with Crippen molar-refractivity contribution in [2.75, 3.05) is 0 Å². The molecule has 3 N–H and O–H groups in total. The largest absolute Gasteiger partial charge is 0.507 e. The fourth-order valence-corrected chi connectivity index (χ4v) is 1.72. The van der Waals surface area contributed by atoms with Gasteiger partial charge in [-0.25, -0.2) is 0 Å². The molecule has 21 heavy (non-hydrogen) atoms. The first-order chi connectivity index (χ1) is 9.93. The first-order valence-electron chi connectivity index (χ1n) is 5.68. The van der Waals surface area contributed by atoms with Gasteiger partial charge in [0.05, 0.1) is 12.0 Å². The Kier molecular flexibility index (Phi) is 3.74. The molecule has 0 bridgehead atoms. The number of amides is 3. The second-order valence-corrected chi connectivity index (χ2v) is 4.12. The topological polar surface area (TPSA) is 156 Å². The highest BCUT2D eigenvalue weighted by molar-refractivity contribution is 6.08. The molecule has 3 amide bonds. The first-order valence-corrected chi connectivity index (χ1v) is 5.68. The van der Waals surface area contributed by atoms with Crippen molar-refractivity contribution in [3.8, 4) is 5.75 Å². The molecule has 0 aromatic heterocycles. The van der Waals surface area contributed by atoms with E-state index < -0.39 is 36.0 Å². The zero-order chi connectivity index (χ0) is 15.6. The maximum atomic E-state index is 11.9. The number of hydrazine groups is 1. The molecular formula is C11H9N5O5. The summed E-state index contributed by atoms with van der Waals surface area (Å²) >= 11 is 0. The maximum absolute atomic E-state index is 11.9. The molecule has 1 aromatic carbocycles. The van der Waals surface area contributed by atoms with Crippen LogP contribution in [-0.2, 0) is 9.59 Å². The molecule has 0 radical (unpaired) electrons. The Labute approximate surface area is 117 Å². The van der Waals surface area contributed by atoms with Crippen LogP contribution in [0.25, 0.3) is 10.4 Å². The van der Waals surface area contributed by atoms with Crippen molar-refractivity contribution >= 4 is 23.4 Å². The number of benzene rings is 1. The highest BCUT2D eigenvalue weighted by Crippen LogP contribution is 2.24. The van der Waals surface area contributed by atoms with E-state index in [1.807, 2.05) is 5.43 Å². The maximum Gasteiger partial charge on any atom is 0.277 e. The highest BCUT2D eigenvalue weighted by atomic mass is 16.3. The Hall–Kier alpha value is -3.10. The van der Waals surface area contributed by atoms with Gasteiger partial charge in [0.15, 0.2) is 0 Å². The van der Waals surface area contributed by atoms with E-state index in [1.165, 1.54) is 6.07 Å². The van der Waals surface area contributed by atoms with Crippen molar-refractivity contribution in [2.45, 2.75) is 12.5 Å². The summed E-state index contributed by atoms with van der Waals surface area (Å²) in [7, 11) is 0. The molecule has 0 spiro atoms. The van der Waals surface area contributed by atoms with E-state index in [2.05, 4.69) is 10.0 Å². The molecule has 1 atom stereocenters. The Morgan fingerprint density at radius 3 is 2.71 bits per heavy atom. The molecule has 1 saturated heterocycles. The lowest BCUT2D eigenvalue weighted by atomic mass is 10.2. The number of carbonyl (C=O) groups excluding carboxylic acids is 3. The molecule has 0 aliphatic carbocycles. The predicted octanol–water partition coefficient (Wildman–Crippen LogP) is 0.0986. The number of imide groups is 1. The predicted molar refractivity (Wildman–Crippen MR) is 66.9 cm³/mol. The molecule has 1 unspecified atom stereocenters. The fourth-order valence-electron chi connectivity index (χ4n) is 1.72. The highest BCUT2D eigenvalue weighted by Gasteiger charge is 2.38. The molecule has 1 heterocycles. The van der Waals surface area contributed by atoms with Crippen molar-refractivity contribution in [1.29, 1.82) is 0 Å². The molecular weight excluding hydrogens is 282 g/mol. The lowest BCUT2D eigenvalue weighted by Gasteiger charge is -2.15. The second-order valence-electron chi connectivity index (χ2n) is 4.12. The number of carbonyl (C=O) groups is 3. The van der Waals surface area contributed by atoms with Gasteiger partial charge < -0.3 is 10.2 Å². The third-order valence-corrected chi connectivity index (χ3v) is 2.72. The van der Waals surface area contributed by atoms with Crippen molar-refractivity contribution in [3.05, 3.63) is 34.2 Å². The van der Waals surface area contributed by atoms with Crippen LogP contribution in [0.3, 0.4) is 0 Å². The van der Waals surface area contributed by atoms with E-state index in [1.54, 1.807) is 0 Å². The van der Waals surface area contributed by atoms with Gasteiger partial charge in [-0.15, -0.1) is 0 Å². The lowest BCUT2D eigenvalue weighted by molar-refractivity contribution is -0.143. The summed E-state index contributed by atoms with van der Waals surface area (Å²) in [6.07, 6.45) is -1.90. The second kappa shape index (κ2) is 5.49. The zero-order valence-corrected chi connectivity index (χ0v) is 10.4. The van der Waals surface area contributed by atoms with Gasteiger partial charge in [-0.2, -0.15) is 5.01 Å². The van der Waals surface area contributed by atoms with Crippen molar-refractivity contribution < 1.29 is 24.6 Å². The van der Waals surface area contributed by atoms with E-state index in [0.717, 1.165) is 12.1 Å². The number of azide groups is 1. The summed E-state index contributed by atoms with van der Waals surface area (Å²) in [6.45, 7) is 0. The van der Waals surface area contributed by atoms with E-state index in [4.69, 9.17) is 5.53 Å². The number of nitrogens with one attached hydrogen (secondary N) is 1. The molecule has 108 valence electrons. The number of hydrogen-bond donors (Lipinski definition) is 3. The fraction of sp³-hybridized carbons (Fsp3) is 0.182. The van der Waals surface area contributed by atoms with E-state index >= 15 is 0 Å². The van der Waals surface area contributed by atoms with E-state index in [0.29, 0.717) is 5.01 Å². The van der Waals surface area contributed by atoms with Crippen LogP contribution in [-0.4, -0.2) is 39.0 Å². The molecule has 10 nitrogen and oxygen atoms in total. The minimum atomic E-state index is -1.49. The van der Waals surface area contributed by atoms with Gasteiger partial charge in [0.1, 0.15) is 11.9 Å². The standard InChI is InChI=1S/C11H9N5O5/c12-15-13-5-1-2-6(7(17)3-5)10(20)14-16-9(19)4-8(18)11(16)21/h1-3,8,17-18H,4H2,(H,14,20). The number of phenolic OH excluding ortho intramolecular Hbond substituents is 1. The van der Waals surface area contributed by atoms with Gasteiger partial charge in [-0.3, -0.25) is 19.8 Å². The van der Waals surface area contributed by atoms with Crippen LogP contribution < -0.4 is 5.43 Å². The molecule has 10 heteroatoms. The van der Waals surface area contributed by atoms with Gasteiger partial charge in [0.25, 0.3) is 17.7 Å². The smallest absolute Gasteiger partial charge is 0.277 e. The Bertz CT molecular complexity index is 682. The molecule has 1 aliphatic heterocycles. The van der Waals surface area contributed by atoms with Crippen molar-refractivity contribution in [2.24, 2.45) is 5.11 Å². The third kappa shape index (κ3) is 2.76. The van der Waals surface area contributed by atoms with E-state index in [-0.39, 0.29) is 11.3 Å². The van der Waals surface area contributed by atoms with Crippen LogP contribution in [0.2, 0.25) is 0 Å². The molecule has 2 rings (SSSR count). The van der Waals surface area contributed by atoms with Gasteiger partial charge in [-0.1, -0.05) is 11.2 Å². The molecule has 1 fully saturated rings. The van der Waals surface area contributed by atoms with Crippen LogP contribution in [0.1, 0.15) is 16.8 Å². The minimum Gasteiger partial charge on any atom is -0.507 e. The van der Waals surface area contributed by atoms with Crippen LogP contribution in [0.5, 0.6) is 5.75 Å². The van der Waals surface area contributed by atoms with Gasteiger partial charge in [0, 0.05) is 10.6 Å². The van der Waals surface area contributed by atoms with Crippen LogP contribution >= 0.6 is 0 Å². The van der Waals surface area contributed by atoms with Gasteiger partial charge in [0.2, 0.25) is 0 Å². The summed E-state index contributed by atoms with van der Waals surface area (Å²) in [5, 5.41) is 22.5. The summed E-state index contributed by atoms with van der Waals surface area (Å²) in [4.78, 5) is 37.2. The number of nitrogens with zero attached hydrogens (tertiary/aromatic N) is 4. The van der Waals surface area contributed by atoms with Gasteiger partial charge in [-0.05, 0) is 17.7 Å². The number of rotatable bonds is 3. The van der Waals surface area contributed by atoms with E-state index in [9.17, 15) is 24.6 Å². The first kappa shape index (κ1) is 14.3. The average molecular weight is 291 g/mol. The Morgan fingerprint density at radius 1 is 1.48 bits per heavy atom. The number of aromatic hydroxyl groups is 1. The molecule has 1 aromatic rings. The number of aliphatic hydroxyl groups excluding tert-OH is 1. The molecule has 1 aliphatic rings. The summed E-state index contributed by atoms with van der Waals surface area (Å²) < 4.78 is 0. The van der Waals surface area contributed by atoms with Crippen LogP contribution in [0, 0.1) is 0 Å². The minimum absolute atomic E-state index is 0.0929. The Morgan fingerprint density at radius 2 is 2.19 bits per heavy atom. The zero-order valence-electron chi connectivity index (χ0n) is 10.4. The third-order valence-electron chi connectivity index (χ3n) is 2.72. The number of phenols is 1. The molecule has 0 saturated carbocycles. The van der Waals surface area contributed by atoms with Crippen molar-refractivity contribution in [1.82, 2.24) is 10.4 Å². The Balaban J connectivity index is 2.19. The average Bonchev–Trinajstić information content (AvgIpc) is 2.66. The van der Waals surface area contributed by atoms with Crippen LogP contribution in [0.15, 0.2) is 23.3 Å². The van der Waals surface area contributed by atoms with Crippen molar-refractivity contribution in [3.63, 3.8) is 0 Å².